The Hall–Kier alpha value is -2.73. The number of hydrogen-bond acceptors (Lipinski definition) is 3. The molecule has 120 valence electrons. The number of benzene rings is 2. The van der Waals surface area contributed by atoms with Crippen molar-refractivity contribution in [2.24, 2.45) is 0 Å². The van der Waals surface area contributed by atoms with E-state index in [2.05, 4.69) is 5.32 Å². The molecule has 2 aromatic rings. The molecule has 3 N–H and O–H groups in total. The molecule has 0 bridgehead atoms. The van der Waals surface area contributed by atoms with Crippen molar-refractivity contribution in [2.45, 2.75) is 13.3 Å². The van der Waals surface area contributed by atoms with Gasteiger partial charge in [-0.15, -0.1) is 0 Å². The molecule has 23 heavy (non-hydrogen) atoms. The molecule has 0 heterocycles. The lowest BCUT2D eigenvalue weighted by molar-refractivity contribution is 0.0706. The zero-order valence-corrected chi connectivity index (χ0v) is 12.6. The molecule has 2 amide bonds. The summed E-state index contributed by atoms with van der Waals surface area (Å²) in [5.41, 5.74) is 3.64. The van der Waals surface area contributed by atoms with Gasteiger partial charge in [-0.2, -0.15) is 0 Å². The molecule has 5 nitrogen and oxygen atoms in total. The normalized spacial score (nSPS) is 10.2. The van der Waals surface area contributed by atoms with Gasteiger partial charge in [0.15, 0.2) is 0 Å². The summed E-state index contributed by atoms with van der Waals surface area (Å²) >= 11 is 0. The number of carbonyl (C=O) groups excluding carboxylic acids is 2. The van der Waals surface area contributed by atoms with Gasteiger partial charge in [-0.05, 0) is 43.2 Å². The minimum Gasteiger partial charge on any atom is -0.352 e. The van der Waals surface area contributed by atoms with E-state index in [1.165, 1.54) is 12.1 Å². The first-order chi connectivity index (χ1) is 11.0. The quantitative estimate of drug-likeness (QED) is 0.584. The van der Waals surface area contributed by atoms with E-state index in [1.807, 2.05) is 0 Å². The maximum atomic E-state index is 13.6. The van der Waals surface area contributed by atoms with Crippen LogP contribution in [-0.4, -0.2) is 23.6 Å². The maximum absolute atomic E-state index is 13.6. The second kappa shape index (κ2) is 7.51. The Morgan fingerprint density at radius 2 is 1.78 bits per heavy atom. The van der Waals surface area contributed by atoms with Crippen molar-refractivity contribution in [1.29, 1.82) is 0 Å². The number of hydrogen-bond donors (Lipinski definition) is 3. The fourth-order valence-electron chi connectivity index (χ4n) is 2.12. The Balaban J connectivity index is 1.90. The van der Waals surface area contributed by atoms with Gasteiger partial charge in [-0.1, -0.05) is 23.8 Å². The largest absolute Gasteiger partial charge is 0.352 e. The maximum Gasteiger partial charge on any atom is 0.274 e. The van der Waals surface area contributed by atoms with Crippen molar-refractivity contribution in [3.05, 3.63) is 70.5 Å². The standard InChI is InChI=1S/C17H17FN2O3/c1-11-2-7-15(18)14(10-11)17(22)19-9-8-12-3-5-13(6-4-12)16(21)20-23/h2-7,10,23H,8-9H2,1H3,(H,19,22)(H,20,21). The van der Waals surface area contributed by atoms with E-state index in [1.54, 1.807) is 42.7 Å². The summed E-state index contributed by atoms with van der Waals surface area (Å²) in [4.78, 5) is 23.1. The molecule has 0 radical (unpaired) electrons. The third-order valence-electron chi connectivity index (χ3n) is 3.38. The van der Waals surface area contributed by atoms with Gasteiger partial charge in [0.25, 0.3) is 11.8 Å². The number of amides is 2. The van der Waals surface area contributed by atoms with E-state index in [4.69, 9.17) is 5.21 Å². The van der Waals surface area contributed by atoms with Crippen molar-refractivity contribution in [2.75, 3.05) is 6.54 Å². The molecule has 0 fully saturated rings. The van der Waals surface area contributed by atoms with Crippen LogP contribution in [-0.2, 0) is 6.42 Å². The second-order valence-corrected chi connectivity index (χ2v) is 5.13. The summed E-state index contributed by atoms with van der Waals surface area (Å²) in [7, 11) is 0. The number of aryl methyl sites for hydroxylation is 1. The SMILES string of the molecule is Cc1ccc(F)c(C(=O)NCCc2ccc(C(=O)NO)cc2)c1. The summed E-state index contributed by atoms with van der Waals surface area (Å²) in [6, 6.07) is 11.0. The third kappa shape index (κ3) is 4.37. The Morgan fingerprint density at radius 1 is 1.09 bits per heavy atom. The second-order valence-electron chi connectivity index (χ2n) is 5.13. The van der Waals surface area contributed by atoms with Crippen LogP contribution in [0, 0.1) is 12.7 Å². The monoisotopic (exact) mass is 316 g/mol. The van der Waals surface area contributed by atoms with Gasteiger partial charge in [0.2, 0.25) is 0 Å². The van der Waals surface area contributed by atoms with Gasteiger partial charge < -0.3 is 5.32 Å². The lowest BCUT2D eigenvalue weighted by Crippen LogP contribution is -2.26. The van der Waals surface area contributed by atoms with Gasteiger partial charge in [-0.25, -0.2) is 9.87 Å². The Morgan fingerprint density at radius 3 is 2.43 bits per heavy atom. The average molecular weight is 316 g/mol. The van der Waals surface area contributed by atoms with Crippen LogP contribution in [0.4, 0.5) is 4.39 Å². The molecule has 0 aromatic heterocycles. The van der Waals surface area contributed by atoms with Crippen molar-refractivity contribution in [3.63, 3.8) is 0 Å². The minimum atomic E-state index is -0.584. The molecule has 0 aliphatic carbocycles. The summed E-state index contributed by atoms with van der Waals surface area (Å²) < 4.78 is 13.6. The molecule has 0 unspecified atom stereocenters. The fraction of sp³-hybridized carbons (Fsp3) is 0.176. The van der Waals surface area contributed by atoms with E-state index < -0.39 is 17.6 Å². The number of hydroxylamine groups is 1. The van der Waals surface area contributed by atoms with Crippen LogP contribution in [0.2, 0.25) is 0 Å². The predicted octanol–water partition coefficient (Wildman–Crippen LogP) is 2.23. The van der Waals surface area contributed by atoms with Crippen LogP contribution in [0.3, 0.4) is 0 Å². The van der Waals surface area contributed by atoms with Gasteiger partial charge in [0.05, 0.1) is 5.56 Å². The van der Waals surface area contributed by atoms with Crippen LogP contribution in [0.1, 0.15) is 31.8 Å². The summed E-state index contributed by atoms with van der Waals surface area (Å²) in [5, 5.41) is 11.2. The first-order valence-corrected chi connectivity index (χ1v) is 7.09. The van der Waals surface area contributed by atoms with E-state index in [9.17, 15) is 14.0 Å². The number of nitrogens with one attached hydrogen (secondary N) is 2. The van der Waals surface area contributed by atoms with E-state index in [0.29, 0.717) is 18.5 Å². The fourth-order valence-corrected chi connectivity index (χ4v) is 2.12. The molecule has 2 rings (SSSR count). The highest BCUT2D eigenvalue weighted by Crippen LogP contribution is 2.10. The van der Waals surface area contributed by atoms with Gasteiger partial charge in [-0.3, -0.25) is 14.8 Å². The lowest BCUT2D eigenvalue weighted by Gasteiger charge is -2.07. The first kappa shape index (κ1) is 16.6. The predicted molar refractivity (Wildman–Crippen MR) is 82.9 cm³/mol. The first-order valence-electron chi connectivity index (χ1n) is 7.09. The number of carbonyl (C=O) groups is 2. The summed E-state index contributed by atoms with van der Waals surface area (Å²) in [5.74, 6) is -1.59. The minimum absolute atomic E-state index is 0.0277. The van der Waals surface area contributed by atoms with E-state index in [-0.39, 0.29) is 5.56 Å². The molecule has 2 aromatic carbocycles. The van der Waals surface area contributed by atoms with Gasteiger partial charge in [0, 0.05) is 12.1 Å². The van der Waals surface area contributed by atoms with Gasteiger partial charge in [0.1, 0.15) is 5.82 Å². The zero-order chi connectivity index (χ0) is 16.8. The van der Waals surface area contributed by atoms with Crippen molar-refractivity contribution >= 4 is 11.8 Å². The van der Waals surface area contributed by atoms with Crippen LogP contribution in [0.25, 0.3) is 0 Å². The Labute approximate surface area is 133 Å². The van der Waals surface area contributed by atoms with Gasteiger partial charge >= 0.3 is 0 Å². The van der Waals surface area contributed by atoms with Crippen molar-refractivity contribution < 1.29 is 19.2 Å². The van der Waals surface area contributed by atoms with E-state index in [0.717, 1.165) is 11.1 Å². The molecule has 6 heteroatoms. The highest BCUT2D eigenvalue weighted by Gasteiger charge is 2.11. The molecule has 0 aliphatic heterocycles. The highest BCUT2D eigenvalue weighted by molar-refractivity contribution is 5.94. The molecule has 0 saturated carbocycles. The molecular weight excluding hydrogens is 299 g/mol. The summed E-state index contributed by atoms with van der Waals surface area (Å²) in [6.45, 7) is 2.14. The summed E-state index contributed by atoms with van der Waals surface area (Å²) in [6.07, 6.45) is 0.542. The Kier molecular flexibility index (Phi) is 5.43. The molecule has 0 aliphatic rings. The molecular formula is C17H17FN2O3. The van der Waals surface area contributed by atoms with Crippen LogP contribution in [0.5, 0.6) is 0 Å². The van der Waals surface area contributed by atoms with Crippen molar-refractivity contribution in [1.82, 2.24) is 10.8 Å². The average Bonchev–Trinajstić information content (AvgIpc) is 2.56. The number of rotatable bonds is 5. The van der Waals surface area contributed by atoms with E-state index >= 15 is 0 Å². The van der Waals surface area contributed by atoms with Crippen LogP contribution < -0.4 is 10.8 Å². The topological polar surface area (TPSA) is 78.4 Å². The third-order valence-corrected chi connectivity index (χ3v) is 3.38. The highest BCUT2D eigenvalue weighted by atomic mass is 19.1. The van der Waals surface area contributed by atoms with Crippen LogP contribution >= 0.6 is 0 Å². The Bertz CT molecular complexity index is 714. The molecule has 0 atom stereocenters. The molecule has 0 saturated heterocycles. The number of halogens is 1. The van der Waals surface area contributed by atoms with Crippen molar-refractivity contribution in [3.8, 4) is 0 Å². The van der Waals surface area contributed by atoms with Crippen LogP contribution in [0.15, 0.2) is 42.5 Å². The zero-order valence-electron chi connectivity index (χ0n) is 12.6. The molecule has 0 spiro atoms. The smallest absolute Gasteiger partial charge is 0.274 e. The lowest BCUT2D eigenvalue weighted by atomic mass is 10.1.